The van der Waals surface area contributed by atoms with E-state index >= 15 is 0 Å². The summed E-state index contributed by atoms with van der Waals surface area (Å²) in [6.45, 7) is 1.01. The van der Waals surface area contributed by atoms with Crippen LogP contribution >= 0.6 is 0 Å². The van der Waals surface area contributed by atoms with Gasteiger partial charge in [0.05, 0.1) is 20.1 Å². The van der Waals surface area contributed by atoms with Crippen molar-refractivity contribution in [2.45, 2.75) is 13.0 Å². The van der Waals surface area contributed by atoms with Crippen molar-refractivity contribution >= 4 is 11.6 Å². The number of hydrogen-bond donors (Lipinski definition) is 0. The number of hydrogen-bond acceptors (Lipinski definition) is 3. The monoisotopic (exact) mass is 340 g/mol. The Bertz CT molecular complexity index is 736. The van der Waals surface area contributed by atoms with E-state index < -0.39 is 0 Å². The van der Waals surface area contributed by atoms with Gasteiger partial charge in [-0.2, -0.15) is 0 Å². The first kappa shape index (κ1) is 18.5. The summed E-state index contributed by atoms with van der Waals surface area (Å²) in [6, 6.07) is 14.0. The van der Waals surface area contributed by atoms with Gasteiger partial charge in [-0.15, -0.1) is 6.42 Å². The van der Waals surface area contributed by atoms with Gasteiger partial charge in [-0.1, -0.05) is 30.2 Å². The van der Waals surface area contributed by atoms with Gasteiger partial charge in [0.15, 0.2) is 0 Å². The van der Waals surface area contributed by atoms with Crippen molar-refractivity contribution < 1.29 is 14.0 Å². The number of terminal acetylenes is 1. The normalized spacial score (nSPS) is 10.2. The third-order valence-corrected chi connectivity index (χ3v) is 3.85. The molecule has 0 aromatic heterocycles. The molecule has 130 valence electrons. The number of hydroxylamine groups is 2. The first-order valence-electron chi connectivity index (χ1n) is 7.86. The minimum Gasteiger partial charge on any atom is -0.356 e. The number of carbonyl (C=O) groups excluding carboxylic acids is 1. The molecular weight excluding hydrogens is 319 g/mol. The topological polar surface area (TPSA) is 32.8 Å². The van der Waals surface area contributed by atoms with Crippen LogP contribution in [0.5, 0.6) is 0 Å². The summed E-state index contributed by atoms with van der Waals surface area (Å²) in [7, 11) is 3.03. The van der Waals surface area contributed by atoms with E-state index in [2.05, 4.69) is 5.92 Å². The number of anilines is 1. The van der Waals surface area contributed by atoms with Crippen LogP contribution in [0.1, 0.15) is 11.1 Å². The van der Waals surface area contributed by atoms with E-state index in [-0.39, 0.29) is 18.1 Å². The van der Waals surface area contributed by atoms with Crippen molar-refractivity contribution in [3.05, 3.63) is 65.5 Å². The number of likely N-dealkylation sites (N-methyl/N-ethyl adjacent to an activating group) is 1. The molecule has 5 heteroatoms. The number of rotatable bonds is 7. The Hall–Kier alpha value is -2.84. The SMILES string of the molecule is C#CCN(Cc1ccc(F)cc1)c1ccc(CC(=O)N(C)OC)cc1. The van der Waals surface area contributed by atoms with Gasteiger partial charge in [0.25, 0.3) is 0 Å². The lowest BCUT2D eigenvalue weighted by Crippen LogP contribution is -2.27. The second-order valence-corrected chi connectivity index (χ2v) is 5.60. The molecule has 0 spiro atoms. The van der Waals surface area contributed by atoms with E-state index in [1.807, 2.05) is 29.2 Å². The molecule has 0 heterocycles. The summed E-state index contributed by atoms with van der Waals surface area (Å²) >= 11 is 0. The fourth-order valence-electron chi connectivity index (χ4n) is 2.37. The zero-order valence-electron chi connectivity index (χ0n) is 14.4. The van der Waals surface area contributed by atoms with Crippen LogP contribution in [-0.4, -0.2) is 31.7 Å². The lowest BCUT2D eigenvalue weighted by Gasteiger charge is -2.23. The molecule has 4 nitrogen and oxygen atoms in total. The average Bonchev–Trinajstić information content (AvgIpc) is 2.63. The van der Waals surface area contributed by atoms with Gasteiger partial charge < -0.3 is 4.90 Å². The molecule has 0 radical (unpaired) electrons. The molecule has 0 aliphatic rings. The van der Waals surface area contributed by atoms with Crippen LogP contribution in [-0.2, 0) is 22.6 Å². The highest BCUT2D eigenvalue weighted by Crippen LogP contribution is 2.19. The number of halogens is 1. The molecule has 0 atom stereocenters. The minimum absolute atomic E-state index is 0.123. The smallest absolute Gasteiger partial charge is 0.250 e. The molecule has 25 heavy (non-hydrogen) atoms. The van der Waals surface area contributed by atoms with Crippen LogP contribution in [0.25, 0.3) is 0 Å². The van der Waals surface area contributed by atoms with Gasteiger partial charge in [-0.25, -0.2) is 9.45 Å². The summed E-state index contributed by atoms with van der Waals surface area (Å²) in [5, 5.41) is 1.20. The first-order valence-corrected chi connectivity index (χ1v) is 7.86. The molecule has 0 aliphatic heterocycles. The van der Waals surface area contributed by atoms with E-state index in [0.29, 0.717) is 13.1 Å². The van der Waals surface area contributed by atoms with E-state index in [4.69, 9.17) is 11.3 Å². The van der Waals surface area contributed by atoms with Crippen LogP contribution < -0.4 is 4.90 Å². The Labute approximate surface area is 147 Å². The van der Waals surface area contributed by atoms with E-state index in [1.165, 1.54) is 24.3 Å². The lowest BCUT2D eigenvalue weighted by atomic mass is 10.1. The largest absolute Gasteiger partial charge is 0.356 e. The molecule has 2 rings (SSSR count). The van der Waals surface area contributed by atoms with Crippen LogP contribution in [0.4, 0.5) is 10.1 Å². The molecule has 2 aromatic carbocycles. The van der Waals surface area contributed by atoms with E-state index in [0.717, 1.165) is 16.8 Å². The summed E-state index contributed by atoms with van der Waals surface area (Å²) in [5.74, 6) is 2.26. The highest BCUT2D eigenvalue weighted by atomic mass is 19.1. The second kappa shape index (κ2) is 8.86. The Morgan fingerprint density at radius 1 is 1.12 bits per heavy atom. The Morgan fingerprint density at radius 2 is 1.72 bits per heavy atom. The highest BCUT2D eigenvalue weighted by Gasteiger charge is 2.10. The number of benzene rings is 2. The fraction of sp³-hybridized carbons (Fsp3) is 0.250. The number of nitrogens with zero attached hydrogens (tertiary/aromatic N) is 2. The average molecular weight is 340 g/mol. The Morgan fingerprint density at radius 3 is 2.28 bits per heavy atom. The summed E-state index contributed by atoms with van der Waals surface area (Å²) in [4.78, 5) is 18.8. The van der Waals surface area contributed by atoms with Crippen molar-refractivity contribution in [3.63, 3.8) is 0 Å². The molecule has 2 aromatic rings. The molecule has 0 unspecified atom stereocenters. The number of carbonyl (C=O) groups is 1. The van der Waals surface area contributed by atoms with Gasteiger partial charge >= 0.3 is 0 Å². The summed E-state index contributed by atoms with van der Waals surface area (Å²) in [6.07, 6.45) is 5.73. The number of amides is 1. The fourth-order valence-corrected chi connectivity index (χ4v) is 2.37. The van der Waals surface area contributed by atoms with Gasteiger partial charge in [0.2, 0.25) is 5.91 Å². The molecule has 0 fully saturated rings. The van der Waals surface area contributed by atoms with Gasteiger partial charge in [-0.3, -0.25) is 9.63 Å². The standard InChI is InChI=1S/C20H21FN2O2/c1-4-13-23(15-17-5-9-18(21)10-6-17)19-11-7-16(8-12-19)14-20(24)22(2)25-3/h1,5-12H,13-15H2,2-3H3. The third kappa shape index (κ3) is 5.33. The van der Waals surface area contributed by atoms with Crippen molar-refractivity contribution in [2.24, 2.45) is 0 Å². The molecule has 0 N–H and O–H groups in total. The molecular formula is C20H21FN2O2. The maximum Gasteiger partial charge on any atom is 0.250 e. The minimum atomic E-state index is -0.262. The molecule has 0 saturated heterocycles. The Kier molecular flexibility index (Phi) is 6.55. The first-order chi connectivity index (χ1) is 12.0. The van der Waals surface area contributed by atoms with E-state index in [9.17, 15) is 9.18 Å². The summed E-state index contributed by atoms with van der Waals surface area (Å²) < 4.78 is 13.0. The van der Waals surface area contributed by atoms with Gasteiger partial charge in [-0.05, 0) is 35.4 Å². The maximum atomic E-state index is 13.0. The predicted molar refractivity (Wildman–Crippen MR) is 96.2 cm³/mol. The highest BCUT2D eigenvalue weighted by molar-refractivity contribution is 5.77. The summed E-state index contributed by atoms with van der Waals surface area (Å²) in [5.41, 5.74) is 2.80. The molecule has 0 bridgehead atoms. The molecule has 0 aliphatic carbocycles. The lowest BCUT2D eigenvalue weighted by molar-refractivity contribution is -0.167. The second-order valence-electron chi connectivity index (χ2n) is 5.60. The van der Waals surface area contributed by atoms with Crippen molar-refractivity contribution in [1.82, 2.24) is 5.06 Å². The van der Waals surface area contributed by atoms with Crippen molar-refractivity contribution in [1.29, 1.82) is 0 Å². The van der Waals surface area contributed by atoms with Crippen molar-refractivity contribution in [2.75, 3.05) is 25.6 Å². The maximum absolute atomic E-state index is 13.0. The van der Waals surface area contributed by atoms with Gasteiger partial charge in [0, 0.05) is 19.3 Å². The third-order valence-electron chi connectivity index (χ3n) is 3.85. The zero-order valence-corrected chi connectivity index (χ0v) is 14.4. The van der Waals surface area contributed by atoms with Crippen LogP contribution in [0, 0.1) is 18.2 Å². The van der Waals surface area contributed by atoms with Crippen LogP contribution in [0.15, 0.2) is 48.5 Å². The molecule has 0 saturated carbocycles. The van der Waals surface area contributed by atoms with Crippen LogP contribution in [0.2, 0.25) is 0 Å². The van der Waals surface area contributed by atoms with Crippen molar-refractivity contribution in [3.8, 4) is 12.3 Å². The predicted octanol–water partition coefficient (Wildman–Crippen LogP) is 3.03. The zero-order chi connectivity index (χ0) is 18.2. The van der Waals surface area contributed by atoms with Crippen LogP contribution in [0.3, 0.4) is 0 Å². The quantitative estimate of drug-likeness (QED) is 0.574. The van der Waals surface area contributed by atoms with E-state index in [1.54, 1.807) is 19.2 Å². The Balaban J connectivity index is 2.09. The molecule has 1 amide bonds. The van der Waals surface area contributed by atoms with Gasteiger partial charge in [0.1, 0.15) is 5.82 Å².